The van der Waals surface area contributed by atoms with E-state index in [9.17, 15) is 0 Å². The van der Waals surface area contributed by atoms with Crippen LogP contribution in [0.4, 0.5) is 0 Å². The third kappa shape index (κ3) is 4.04. The number of nitrogens with one attached hydrogen (secondary N) is 2. The SMILES string of the molecule is COCCNCC1CCNCC1. The van der Waals surface area contributed by atoms with Gasteiger partial charge in [-0.2, -0.15) is 0 Å². The fourth-order valence-electron chi connectivity index (χ4n) is 1.57. The largest absolute Gasteiger partial charge is 0.383 e. The average Bonchev–Trinajstić information content (AvgIpc) is 2.14. The zero-order valence-electron chi connectivity index (χ0n) is 7.94. The predicted octanol–water partition coefficient (Wildman–Crippen LogP) is 0.222. The highest BCUT2D eigenvalue weighted by Gasteiger charge is 2.11. The molecule has 0 aliphatic carbocycles. The summed E-state index contributed by atoms with van der Waals surface area (Å²) in [5, 5.41) is 6.77. The Morgan fingerprint density at radius 3 is 2.83 bits per heavy atom. The van der Waals surface area contributed by atoms with E-state index in [2.05, 4.69) is 10.6 Å². The van der Waals surface area contributed by atoms with Gasteiger partial charge in [-0.25, -0.2) is 0 Å². The number of rotatable bonds is 5. The van der Waals surface area contributed by atoms with Crippen LogP contribution in [-0.2, 0) is 4.74 Å². The molecule has 0 aromatic rings. The minimum atomic E-state index is 0.824. The molecule has 0 unspecified atom stereocenters. The van der Waals surface area contributed by atoms with Crippen LogP contribution < -0.4 is 10.6 Å². The maximum Gasteiger partial charge on any atom is 0.0587 e. The van der Waals surface area contributed by atoms with Crippen LogP contribution in [0.25, 0.3) is 0 Å². The molecule has 0 spiro atoms. The molecule has 0 saturated carbocycles. The highest BCUT2D eigenvalue weighted by Crippen LogP contribution is 2.09. The summed E-state index contributed by atoms with van der Waals surface area (Å²) in [7, 11) is 1.74. The molecule has 1 aliphatic heterocycles. The molecule has 0 aromatic carbocycles. The van der Waals surface area contributed by atoms with E-state index in [0.29, 0.717) is 0 Å². The zero-order valence-corrected chi connectivity index (χ0v) is 7.94. The Labute approximate surface area is 74.9 Å². The lowest BCUT2D eigenvalue weighted by atomic mass is 9.98. The van der Waals surface area contributed by atoms with Crippen molar-refractivity contribution in [3.63, 3.8) is 0 Å². The van der Waals surface area contributed by atoms with Crippen molar-refractivity contribution in [2.24, 2.45) is 5.92 Å². The van der Waals surface area contributed by atoms with Gasteiger partial charge in [0.05, 0.1) is 6.61 Å². The minimum absolute atomic E-state index is 0.824. The molecule has 72 valence electrons. The van der Waals surface area contributed by atoms with Gasteiger partial charge >= 0.3 is 0 Å². The van der Waals surface area contributed by atoms with Crippen molar-refractivity contribution in [1.82, 2.24) is 10.6 Å². The van der Waals surface area contributed by atoms with E-state index in [1.54, 1.807) is 7.11 Å². The molecule has 0 bridgehead atoms. The van der Waals surface area contributed by atoms with E-state index in [1.165, 1.54) is 25.9 Å². The first-order valence-corrected chi connectivity index (χ1v) is 4.84. The molecular formula is C9H20N2O. The number of hydrogen-bond acceptors (Lipinski definition) is 3. The van der Waals surface area contributed by atoms with E-state index >= 15 is 0 Å². The molecule has 0 aromatic heterocycles. The van der Waals surface area contributed by atoms with Crippen LogP contribution in [0, 0.1) is 5.92 Å². The third-order valence-corrected chi connectivity index (χ3v) is 2.37. The normalized spacial score (nSPS) is 19.8. The summed E-state index contributed by atoms with van der Waals surface area (Å²) in [5.41, 5.74) is 0. The van der Waals surface area contributed by atoms with Crippen molar-refractivity contribution in [3.05, 3.63) is 0 Å². The highest BCUT2D eigenvalue weighted by molar-refractivity contribution is 4.70. The Hall–Kier alpha value is -0.120. The summed E-state index contributed by atoms with van der Waals surface area (Å²) in [4.78, 5) is 0. The van der Waals surface area contributed by atoms with Gasteiger partial charge in [-0.3, -0.25) is 0 Å². The first-order chi connectivity index (χ1) is 5.93. The maximum absolute atomic E-state index is 4.96. The Morgan fingerprint density at radius 2 is 2.17 bits per heavy atom. The second-order valence-corrected chi connectivity index (χ2v) is 3.39. The van der Waals surface area contributed by atoms with Crippen LogP contribution in [0.1, 0.15) is 12.8 Å². The van der Waals surface area contributed by atoms with Gasteiger partial charge in [0.2, 0.25) is 0 Å². The van der Waals surface area contributed by atoms with Crippen molar-refractivity contribution in [1.29, 1.82) is 0 Å². The molecule has 1 rings (SSSR count). The standard InChI is InChI=1S/C9H20N2O/c1-12-7-6-11-8-9-2-4-10-5-3-9/h9-11H,2-8H2,1H3. The second kappa shape index (κ2) is 6.40. The zero-order chi connectivity index (χ0) is 8.65. The molecule has 1 aliphatic rings. The molecule has 3 nitrogen and oxygen atoms in total. The van der Waals surface area contributed by atoms with Gasteiger partial charge in [-0.1, -0.05) is 0 Å². The Morgan fingerprint density at radius 1 is 1.42 bits per heavy atom. The lowest BCUT2D eigenvalue weighted by molar-refractivity contribution is 0.196. The summed E-state index contributed by atoms with van der Waals surface area (Å²) in [5.74, 6) is 0.878. The lowest BCUT2D eigenvalue weighted by Gasteiger charge is -2.22. The highest BCUT2D eigenvalue weighted by atomic mass is 16.5. The van der Waals surface area contributed by atoms with Crippen molar-refractivity contribution < 1.29 is 4.74 Å². The van der Waals surface area contributed by atoms with E-state index in [0.717, 1.165) is 25.6 Å². The Balaban J connectivity index is 1.91. The molecule has 0 amide bonds. The summed E-state index contributed by atoms with van der Waals surface area (Å²) < 4.78 is 4.96. The van der Waals surface area contributed by atoms with Crippen molar-refractivity contribution in [2.75, 3.05) is 39.9 Å². The quantitative estimate of drug-likeness (QED) is 0.582. The van der Waals surface area contributed by atoms with Gasteiger partial charge < -0.3 is 15.4 Å². The van der Waals surface area contributed by atoms with Gasteiger partial charge in [0, 0.05) is 13.7 Å². The second-order valence-electron chi connectivity index (χ2n) is 3.39. The van der Waals surface area contributed by atoms with Crippen LogP contribution >= 0.6 is 0 Å². The van der Waals surface area contributed by atoms with Crippen molar-refractivity contribution >= 4 is 0 Å². The monoisotopic (exact) mass is 172 g/mol. The van der Waals surface area contributed by atoms with Crippen molar-refractivity contribution in [2.45, 2.75) is 12.8 Å². The minimum Gasteiger partial charge on any atom is -0.383 e. The number of ether oxygens (including phenoxy) is 1. The summed E-state index contributed by atoms with van der Waals surface area (Å²) >= 11 is 0. The molecule has 0 radical (unpaired) electrons. The molecule has 3 heteroatoms. The fourth-order valence-corrected chi connectivity index (χ4v) is 1.57. The smallest absolute Gasteiger partial charge is 0.0587 e. The first kappa shape index (κ1) is 9.96. The van der Waals surface area contributed by atoms with E-state index in [-0.39, 0.29) is 0 Å². The van der Waals surface area contributed by atoms with Gasteiger partial charge in [0.15, 0.2) is 0 Å². The van der Waals surface area contributed by atoms with E-state index in [4.69, 9.17) is 4.74 Å². The van der Waals surface area contributed by atoms with Gasteiger partial charge in [0.25, 0.3) is 0 Å². The predicted molar refractivity (Wildman–Crippen MR) is 50.3 cm³/mol. The Kier molecular flexibility index (Phi) is 5.32. The van der Waals surface area contributed by atoms with Crippen LogP contribution in [0.5, 0.6) is 0 Å². The van der Waals surface area contributed by atoms with Crippen molar-refractivity contribution in [3.8, 4) is 0 Å². The Bertz CT molecular complexity index is 103. The molecule has 0 atom stereocenters. The number of hydrogen-bond donors (Lipinski definition) is 2. The summed E-state index contributed by atoms with van der Waals surface area (Å²) in [6.07, 6.45) is 2.64. The maximum atomic E-state index is 4.96. The third-order valence-electron chi connectivity index (χ3n) is 2.37. The fraction of sp³-hybridized carbons (Fsp3) is 1.00. The molecule has 12 heavy (non-hydrogen) atoms. The molecular weight excluding hydrogens is 152 g/mol. The molecule has 2 N–H and O–H groups in total. The molecule has 1 heterocycles. The van der Waals surface area contributed by atoms with Gasteiger partial charge in [0.1, 0.15) is 0 Å². The average molecular weight is 172 g/mol. The molecule has 1 saturated heterocycles. The van der Waals surface area contributed by atoms with Gasteiger partial charge in [-0.05, 0) is 38.4 Å². The molecule has 1 fully saturated rings. The van der Waals surface area contributed by atoms with E-state index in [1.807, 2.05) is 0 Å². The number of methoxy groups -OCH3 is 1. The van der Waals surface area contributed by atoms with Crippen LogP contribution in [0.15, 0.2) is 0 Å². The first-order valence-electron chi connectivity index (χ1n) is 4.84. The number of piperidine rings is 1. The topological polar surface area (TPSA) is 33.3 Å². The lowest BCUT2D eigenvalue weighted by Crippen LogP contribution is -2.34. The van der Waals surface area contributed by atoms with E-state index < -0.39 is 0 Å². The van der Waals surface area contributed by atoms with Crippen LogP contribution in [-0.4, -0.2) is 39.9 Å². The summed E-state index contributed by atoms with van der Waals surface area (Å²) in [6.45, 7) is 5.35. The van der Waals surface area contributed by atoms with Gasteiger partial charge in [-0.15, -0.1) is 0 Å². The van der Waals surface area contributed by atoms with Crippen LogP contribution in [0.3, 0.4) is 0 Å². The van der Waals surface area contributed by atoms with Crippen LogP contribution in [0.2, 0.25) is 0 Å². The summed E-state index contributed by atoms with van der Waals surface area (Å²) in [6, 6.07) is 0.